The van der Waals surface area contributed by atoms with E-state index in [1.807, 2.05) is 12.1 Å². The monoisotopic (exact) mass is 266 g/mol. The zero-order valence-corrected chi connectivity index (χ0v) is 12.2. The van der Waals surface area contributed by atoms with Crippen molar-refractivity contribution in [3.05, 3.63) is 28.8 Å². The van der Waals surface area contributed by atoms with Crippen molar-refractivity contribution in [3.63, 3.8) is 0 Å². The molecule has 1 aliphatic rings. The van der Waals surface area contributed by atoms with Crippen molar-refractivity contribution in [2.24, 2.45) is 11.8 Å². The van der Waals surface area contributed by atoms with Gasteiger partial charge < -0.3 is 4.74 Å². The van der Waals surface area contributed by atoms with Crippen LogP contribution in [0, 0.1) is 11.8 Å². The van der Waals surface area contributed by atoms with E-state index in [1.54, 1.807) is 7.11 Å². The van der Waals surface area contributed by atoms with E-state index in [9.17, 15) is 0 Å². The number of hydrogen-bond donors (Lipinski definition) is 0. The lowest BCUT2D eigenvalue weighted by Gasteiger charge is -2.15. The molecule has 1 aliphatic carbocycles. The Labute approximate surface area is 115 Å². The number of rotatable bonds is 7. The van der Waals surface area contributed by atoms with Crippen molar-refractivity contribution >= 4 is 11.6 Å². The van der Waals surface area contributed by atoms with Gasteiger partial charge in [0, 0.05) is 5.02 Å². The molecular weight excluding hydrogens is 244 g/mol. The van der Waals surface area contributed by atoms with Crippen LogP contribution in [-0.2, 0) is 6.42 Å². The molecule has 0 aromatic heterocycles. The second-order valence-electron chi connectivity index (χ2n) is 5.45. The Morgan fingerprint density at radius 3 is 2.72 bits per heavy atom. The van der Waals surface area contributed by atoms with Crippen LogP contribution in [0.2, 0.25) is 5.02 Å². The molecule has 0 saturated heterocycles. The van der Waals surface area contributed by atoms with Crippen LogP contribution in [0.5, 0.6) is 5.75 Å². The molecule has 0 bridgehead atoms. The van der Waals surface area contributed by atoms with E-state index in [2.05, 4.69) is 13.0 Å². The molecule has 1 nitrogen and oxygen atoms in total. The first-order valence-electron chi connectivity index (χ1n) is 7.05. The lowest BCUT2D eigenvalue weighted by Crippen LogP contribution is -2.02. The highest BCUT2D eigenvalue weighted by Gasteiger charge is 2.24. The molecule has 1 atom stereocenters. The minimum absolute atomic E-state index is 0.841. The predicted molar refractivity (Wildman–Crippen MR) is 77.4 cm³/mol. The number of halogens is 1. The molecule has 1 aromatic carbocycles. The van der Waals surface area contributed by atoms with Crippen molar-refractivity contribution in [2.45, 2.75) is 45.4 Å². The summed E-state index contributed by atoms with van der Waals surface area (Å²) < 4.78 is 5.17. The maximum atomic E-state index is 6.27. The Kier molecular flexibility index (Phi) is 4.94. The normalized spacial score (nSPS) is 16.6. The molecule has 18 heavy (non-hydrogen) atoms. The third-order valence-electron chi connectivity index (χ3n) is 4.02. The highest BCUT2D eigenvalue weighted by molar-refractivity contribution is 6.31. The fourth-order valence-electron chi connectivity index (χ4n) is 2.53. The van der Waals surface area contributed by atoms with Crippen molar-refractivity contribution in [1.29, 1.82) is 0 Å². The molecule has 0 N–H and O–H groups in total. The standard InChI is InChI=1S/C16H23ClO/c1-3-12(10-13-4-5-13)6-7-14-8-9-15(18-2)11-16(14)17/h8-9,11-13H,3-7,10H2,1-2H3. The van der Waals surface area contributed by atoms with E-state index in [1.165, 1.54) is 37.7 Å². The van der Waals surface area contributed by atoms with Crippen LogP contribution in [0.25, 0.3) is 0 Å². The number of aryl methyl sites for hydroxylation is 1. The van der Waals surface area contributed by atoms with Crippen LogP contribution in [0.3, 0.4) is 0 Å². The number of benzene rings is 1. The first-order chi connectivity index (χ1) is 8.72. The largest absolute Gasteiger partial charge is 0.497 e. The Balaban J connectivity index is 1.87. The molecule has 1 aromatic rings. The first kappa shape index (κ1) is 13.7. The molecule has 2 rings (SSSR count). The number of ether oxygens (including phenoxy) is 1. The minimum atomic E-state index is 0.841. The molecule has 1 saturated carbocycles. The molecule has 0 heterocycles. The van der Waals surface area contributed by atoms with Gasteiger partial charge in [-0.1, -0.05) is 43.9 Å². The van der Waals surface area contributed by atoms with E-state index < -0.39 is 0 Å². The average molecular weight is 267 g/mol. The Bertz CT molecular complexity index is 385. The van der Waals surface area contributed by atoms with Crippen LogP contribution in [0.1, 0.15) is 44.6 Å². The SMILES string of the molecule is CCC(CCc1ccc(OC)cc1Cl)CC1CC1. The van der Waals surface area contributed by atoms with Gasteiger partial charge in [-0.25, -0.2) is 0 Å². The third-order valence-corrected chi connectivity index (χ3v) is 4.37. The van der Waals surface area contributed by atoms with Gasteiger partial charge in [0.15, 0.2) is 0 Å². The molecule has 0 spiro atoms. The zero-order valence-electron chi connectivity index (χ0n) is 11.4. The van der Waals surface area contributed by atoms with E-state index in [0.717, 1.165) is 29.0 Å². The van der Waals surface area contributed by atoms with Crippen molar-refractivity contribution in [3.8, 4) is 5.75 Å². The summed E-state index contributed by atoms with van der Waals surface area (Å²) in [6.07, 6.45) is 7.99. The highest BCUT2D eigenvalue weighted by atomic mass is 35.5. The molecule has 0 aliphatic heterocycles. The smallest absolute Gasteiger partial charge is 0.120 e. The van der Waals surface area contributed by atoms with Gasteiger partial charge in [0.2, 0.25) is 0 Å². The molecule has 2 heteroatoms. The lowest BCUT2D eigenvalue weighted by atomic mass is 9.92. The van der Waals surface area contributed by atoms with Crippen LogP contribution in [0.4, 0.5) is 0 Å². The first-order valence-corrected chi connectivity index (χ1v) is 7.43. The summed E-state index contributed by atoms with van der Waals surface area (Å²) in [5.41, 5.74) is 1.26. The predicted octanol–water partition coefficient (Wildman–Crippen LogP) is 5.11. The molecule has 1 fully saturated rings. The molecule has 1 unspecified atom stereocenters. The van der Waals surface area contributed by atoms with Gasteiger partial charge in [0.1, 0.15) is 5.75 Å². The lowest BCUT2D eigenvalue weighted by molar-refractivity contribution is 0.410. The number of methoxy groups -OCH3 is 1. The van der Waals surface area contributed by atoms with E-state index >= 15 is 0 Å². The fraction of sp³-hybridized carbons (Fsp3) is 0.625. The summed E-state index contributed by atoms with van der Waals surface area (Å²) in [6.45, 7) is 2.31. The van der Waals surface area contributed by atoms with Gasteiger partial charge in [-0.15, -0.1) is 0 Å². The second-order valence-corrected chi connectivity index (χ2v) is 5.86. The van der Waals surface area contributed by atoms with Gasteiger partial charge in [-0.05, 0) is 48.8 Å². The van der Waals surface area contributed by atoms with Crippen molar-refractivity contribution < 1.29 is 4.74 Å². The summed E-state index contributed by atoms with van der Waals surface area (Å²) in [7, 11) is 1.67. The summed E-state index contributed by atoms with van der Waals surface area (Å²) in [5.74, 6) is 2.74. The minimum Gasteiger partial charge on any atom is -0.497 e. The summed E-state index contributed by atoms with van der Waals surface area (Å²) >= 11 is 6.27. The zero-order chi connectivity index (χ0) is 13.0. The van der Waals surface area contributed by atoms with Crippen LogP contribution >= 0.6 is 11.6 Å². The van der Waals surface area contributed by atoms with Gasteiger partial charge in [0.05, 0.1) is 7.11 Å². The van der Waals surface area contributed by atoms with Crippen LogP contribution in [0.15, 0.2) is 18.2 Å². The quantitative estimate of drug-likeness (QED) is 0.667. The number of hydrogen-bond acceptors (Lipinski definition) is 1. The summed E-state index contributed by atoms with van der Waals surface area (Å²) in [6, 6.07) is 6.02. The van der Waals surface area contributed by atoms with Gasteiger partial charge in [-0.2, -0.15) is 0 Å². The highest BCUT2D eigenvalue weighted by Crippen LogP contribution is 2.37. The maximum Gasteiger partial charge on any atom is 0.120 e. The molecule has 0 radical (unpaired) electrons. The Morgan fingerprint density at radius 2 is 2.17 bits per heavy atom. The van der Waals surface area contributed by atoms with Crippen molar-refractivity contribution in [1.82, 2.24) is 0 Å². The van der Waals surface area contributed by atoms with Gasteiger partial charge >= 0.3 is 0 Å². The third kappa shape index (κ3) is 3.91. The van der Waals surface area contributed by atoms with Gasteiger partial charge in [0.25, 0.3) is 0 Å². The Morgan fingerprint density at radius 1 is 1.39 bits per heavy atom. The average Bonchev–Trinajstić information content (AvgIpc) is 3.19. The van der Waals surface area contributed by atoms with E-state index in [0.29, 0.717) is 0 Å². The van der Waals surface area contributed by atoms with Crippen molar-refractivity contribution in [2.75, 3.05) is 7.11 Å². The Hall–Kier alpha value is -0.690. The molecule has 0 amide bonds. The second kappa shape index (κ2) is 6.47. The summed E-state index contributed by atoms with van der Waals surface area (Å²) in [4.78, 5) is 0. The molecular formula is C16H23ClO. The molecule has 100 valence electrons. The summed E-state index contributed by atoms with van der Waals surface area (Å²) in [5, 5.41) is 0.843. The maximum absolute atomic E-state index is 6.27. The van der Waals surface area contributed by atoms with Crippen LogP contribution < -0.4 is 4.74 Å². The fourth-order valence-corrected chi connectivity index (χ4v) is 2.80. The van der Waals surface area contributed by atoms with Gasteiger partial charge in [-0.3, -0.25) is 0 Å². The van der Waals surface area contributed by atoms with E-state index in [-0.39, 0.29) is 0 Å². The topological polar surface area (TPSA) is 9.23 Å². The van der Waals surface area contributed by atoms with E-state index in [4.69, 9.17) is 16.3 Å². The van der Waals surface area contributed by atoms with Crippen LogP contribution in [-0.4, -0.2) is 7.11 Å².